The van der Waals surface area contributed by atoms with Crippen molar-refractivity contribution in [2.45, 2.75) is 53.1 Å². The number of rotatable bonds is 7. The van der Waals surface area contributed by atoms with Crippen LogP contribution in [-0.2, 0) is 0 Å². The van der Waals surface area contributed by atoms with Crippen LogP contribution in [0.3, 0.4) is 0 Å². The molecular formula is C16H29N3. The topological polar surface area (TPSA) is 28.2 Å². The van der Waals surface area contributed by atoms with Crippen molar-refractivity contribution in [1.82, 2.24) is 10.3 Å². The highest BCUT2D eigenvalue weighted by Gasteiger charge is 2.13. The Morgan fingerprint density at radius 1 is 1.21 bits per heavy atom. The Kier molecular flexibility index (Phi) is 6.29. The molecule has 0 bridgehead atoms. The molecule has 0 aromatic carbocycles. The zero-order valence-electron chi connectivity index (χ0n) is 13.3. The molecule has 3 nitrogen and oxygen atoms in total. The Balaban J connectivity index is 2.69. The molecule has 0 saturated heterocycles. The minimum Gasteiger partial charge on any atom is -0.357 e. The maximum absolute atomic E-state index is 4.60. The van der Waals surface area contributed by atoms with E-state index in [1.54, 1.807) is 0 Å². The van der Waals surface area contributed by atoms with Gasteiger partial charge in [0.2, 0.25) is 0 Å². The van der Waals surface area contributed by atoms with Crippen LogP contribution in [0.4, 0.5) is 5.82 Å². The Hall–Kier alpha value is -1.09. The number of pyridine rings is 1. The van der Waals surface area contributed by atoms with E-state index in [0.717, 1.165) is 12.4 Å². The van der Waals surface area contributed by atoms with E-state index in [1.807, 2.05) is 6.20 Å². The lowest BCUT2D eigenvalue weighted by Crippen LogP contribution is -2.30. The third-order valence-electron chi connectivity index (χ3n) is 3.62. The summed E-state index contributed by atoms with van der Waals surface area (Å²) in [7, 11) is 2.13. The maximum Gasteiger partial charge on any atom is 0.128 e. The van der Waals surface area contributed by atoms with Gasteiger partial charge in [-0.2, -0.15) is 0 Å². The van der Waals surface area contributed by atoms with E-state index < -0.39 is 0 Å². The fraction of sp³-hybridized carbons (Fsp3) is 0.688. The van der Waals surface area contributed by atoms with Gasteiger partial charge in [0.1, 0.15) is 5.82 Å². The summed E-state index contributed by atoms with van der Waals surface area (Å²) in [6, 6.07) is 5.18. The first-order chi connectivity index (χ1) is 8.95. The summed E-state index contributed by atoms with van der Waals surface area (Å²) in [6.07, 6.45) is 3.18. The number of hydrogen-bond donors (Lipinski definition) is 1. The van der Waals surface area contributed by atoms with Gasteiger partial charge in [0.05, 0.1) is 0 Å². The van der Waals surface area contributed by atoms with Gasteiger partial charge >= 0.3 is 0 Å². The van der Waals surface area contributed by atoms with Gasteiger partial charge in [0, 0.05) is 25.3 Å². The van der Waals surface area contributed by atoms with Crippen LogP contribution in [0.2, 0.25) is 0 Å². The van der Waals surface area contributed by atoms with Crippen LogP contribution in [0.25, 0.3) is 0 Å². The highest BCUT2D eigenvalue weighted by Crippen LogP contribution is 2.19. The van der Waals surface area contributed by atoms with E-state index in [9.17, 15) is 0 Å². The molecule has 3 heteroatoms. The molecule has 0 aliphatic heterocycles. The van der Waals surface area contributed by atoms with Crippen LogP contribution < -0.4 is 10.2 Å². The van der Waals surface area contributed by atoms with Gasteiger partial charge in [0.25, 0.3) is 0 Å². The highest BCUT2D eigenvalue weighted by atomic mass is 15.2. The molecule has 0 spiro atoms. The molecular weight excluding hydrogens is 234 g/mol. The Labute approximate surface area is 118 Å². The van der Waals surface area contributed by atoms with Crippen molar-refractivity contribution in [3.63, 3.8) is 0 Å². The van der Waals surface area contributed by atoms with Gasteiger partial charge in [-0.15, -0.1) is 0 Å². The number of anilines is 1. The number of hydrogen-bond acceptors (Lipinski definition) is 3. The summed E-state index contributed by atoms with van der Waals surface area (Å²) in [4.78, 5) is 6.86. The van der Waals surface area contributed by atoms with Crippen molar-refractivity contribution in [3.05, 3.63) is 23.9 Å². The fourth-order valence-electron chi connectivity index (χ4n) is 2.35. The first-order valence-corrected chi connectivity index (χ1v) is 7.37. The smallest absolute Gasteiger partial charge is 0.128 e. The summed E-state index contributed by atoms with van der Waals surface area (Å²) in [6.45, 7) is 12.1. The minimum atomic E-state index is 0.366. The van der Waals surface area contributed by atoms with Crippen molar-refractivity contribution < 1.29 is 0 Å². The largest absolute Gasteiger partial charge is 0.357 e. The molecule has 2 atom stereocenters. The van der Waals surface area contributed by atoms with Crippen LogP contribution in [-0.4, -0.2) is 24.6 Å². The lowest BCUT2D eigenvalue weighted by Gasteiger charge is -2.27. The lowest BCUT2D eigenvalue weighted by molar-refractivity contribution is 0.502. The predicted molar refractivity (Wildman–Crippen MR) is 83.6 cm³/mol. The first-order valence-electron chi connectivity index (χ1n) is 7.37. The summed E-state index contributed by atoms with van der Waals surface area (Å²) in [5, 5.41) is 3.41. The summed E-state index contributed by atoms with van der Waals surface area (Å²) < 4.78 is 0. The summed E-state index contributed by atoms with van der Waals surface area (Å²) >= 11 is 0. The third-order valence-corrected chi connectivity index (χ3v) is 3.62. The monoisotopic (exact) mass is 263 g/mol. The van der Waals surface area contributed by atoms with Gasteiger partial charge in [-0.25, -0.2) is 4.98 Å². The summed E-state index contributed by atoms with van der Waals surface area (Å²) in [5.74, 6) is 1.77. The van der Waals surface area contributed by atoms with Crippen LogP contribution in [0.1, 0.15) is 52.6 Å². The number of aromatic nitrogens is 1. The molecule has 1 N–H and O–H groups in total. The molecule has 108 valence electrons. The van der Waals surface area contributed by atoms with E-state index >= 15 is 0 Å². The fourth-order valence-corrected chi connectivity index (χ4v) is 2.35. The minimum absolute atomic E-state index is 0.366. The highest BCUT2D eigenvalue weighted by molar-refractivity contribution is 5.39. The normalized spacial score (nSPS) is 14.5. The molecule has 2 unspecified atom stereocenters. The van der Waals surface area contributed by atoms with Crippen molar-refractivity contribution in [2.24, 2.45) is 5.92 Å². The second-order valence-corrected chi connectivity index (χ2v) is 5.82. The molecule has 0 saturated carbocycles. The average molecular weight is 263 g/mol. The van der Waals surface area contributed by atoms with E-state index in [-0.39, 0.29) is 0 Å². The Morgan fingerprint density at radius 2 is 1.89 bits per heavy atom. The number of nitrogens with zero attached hydrogens (tertiary/aromatic N) is 2. The van der Waals surface area contributed by atoms with E-state index in [4.69, 9.17) is 0 Å². The Bertz CT molecular complexity index is 359. The quantitative estimate of drug-likeness (QED) is 0.814. The molecule has 1 aromatic rings. The molecule has 19 heavy (non-hydrogen) atoms. The van der Waals surface area contributed by atoms with Crippen LogP contribution in [0, 0.1) is 5.92 Å². The van der Waals surface area contributed by atoms with Crippen molar-refractivity contribution in [3.8, 4) is 0 Å². The average Bonchev–Trinajstić information content (AvgIpc) is 2.37. The summed E-state index contributed by atoms with van der Waals surface area (Å²) in [5.41, 5.74) is 1.25. The van der Waals surface area contributed by atoms with Gasteiger partial charge in [-0.05, 0) is 44.4 Å². The van der Waals surface area contributed by atoms with E-state index in [2.05, 4.69) is 69.0 Å². The van der Waals surface area contributed by atoms with Crippen molar-refractivity contribution >= 4 is 5.82 Å². The van der Waals surface area contributed by atoms with E-state index in [1.165, 1.54) is 12.0 Å². The maximum atomic E-state index is 4.60. The number of nitrogens with one attached hydrogen (secondary N) is 1. The van der Waals surface area contributed by atoms with Gasteiger partial charge < -0.3 is 10.2 Å². The molecule has 0 aliphatic rings. The SMILES string of the molecule is CCNC(C)c1ccc(N(C)C(C)CC(C)C)nc1. The molecule has 1 heterocycles. The lowest BCUT2D eigenvalue weighted by atomic mass is 10.0. The van der Waals surface area contributed by atoms with Crippen LogP contribution >= 0.6 is 0 Å². The molecule has 0 aliphatic carbocycles. The van der Waals surface area contributed by atoms with Crippen LogP contribution in [0.5, 0.6) is 0 Å². The zero-order valence-corrected chi connectivity index (χ0v) is 13.3. The molecule has 0 amide bonds. The van der Waals surface area contributed by atoms with Gasteiger partial charge in [-0.1, -0.05) is 26.8 Å². The first kappa shape index (κ1) is 16.0. The zero-order chi connectivity index (χ0) is 14.4. The van der Waals surface area contributed by atoms with Crippen molar-refractivity contribution in [2.75, 3.05) is 18.5 Å². The van der Waals surface area contributed by atoms with E-state index in [0.29, 0.717) is 18.0 Å². The Morgan fingerprint density at radius 3 is 2.37 bits per heavy atom. The molecule has 0 fully saturated rings. The third kappa shape index (κ3) is 4.83. The van der Waals surface area contributed by atoms with Crippen LogP contribution in [0.15, 0.2) is 18.3 Å². The second kappa shape index (κ2) is 7.49. The predicted octanol–water partition coefficient (Wildman–Crippen LogP) is 3.62. The van der Waals surface area contributed by atoms with Crippen molar-refractivity contribution in [1.29, 1.82) is 0 Å². The molecule has 0 radical (unpaired) electrons. The van der Waals surface area contributed by atoms with Gasteiger partial charge in [0.15, 0.2) is 0 Å². The molecule has 1 aromatic heterocycles. The second-order valence-electron chi connectivity index (χ2n) is 5.82. The van der Waals surface area contributed by atoms with Gasteiger partial charge in [-0.3, -0.25) is 0 Å². The molecule has 1 rings (SSSR count). The standard InChI is InChI=1S/C16H29N3/c1-7-17-14(5)15-8-9-16(18-11-15)19(6)13(4)10-12(2)3/h8-9,11-14,17H,7,10H2,1-6H3.